The lowest BCUT2D eigenvalue weighted by Gasteiger charge is -2.13. The summed E-state index contributed by atoms with van der Waals surface area (Å²) in [6.07, 6.45) is 2.08. The average Bonchev–Trinajstić information content (AvgIpc) is 2.73. The lowest BCUT2D eigenvalue weighted by atomic mass is 10.0. The van der Waals surface area contributed by atoms with E-state index in [9.17, 15) is 4.79 Å². The van der Waals surface area contributed by atoms with E-state index in [4.69, 9.17) is 20.9 Å². The number of nitrogen functional groups attached to an aromatic ring is 2. The van der Waals surface area contributed by atoms with Crippen molar-refractivity contribution in [3.8, 4) is 23.3 Å². The second kappa shape index (κ2) is 9.50. The van der Waals surface area contributed by atoms with Crippen molar-refractivity contribution in [3.63, 3.8) is 0 Å². The Hall–Kier alpha value is -4.25. The molecule has 5 N–H and O–H groups in total. The van der Waals surface area contributed by atoms with Crippen LogP contribution in [0, 0.1) is 11.8 Å². The van der Waals surface area contributed by atoms with E-state index in [1.165, 1.54) is 6.92 Å². The minimum absolute atomic E-state index is 0.126. The van der Waals surface area contributed by atoms with Gasteiger partial charge in [-0.15, -0.1) is 0 Å². The molecule has 0 aliphatic rings. The largest absolute Gasteiger partial charge is 0.493 e. The Labute approximate surface area is 180 Å². The number of nitrogens with two attached hydrogens (primary N) is 2. The number of carbonyl (C=O) groups is 1. The van der Waals surface area contributed by atoms with Gasteiger partial charge in [-0.3, -0.25) is 4.79 Å². The van der Waals surface area contributed by atoms with Crippen molar-refractivity contribution in [3.05, 3.63) is 64.8 Å². The van der Waals surface area contributed by atoms with Crippen LogP contribution in [0.5, 0.6) is 11.5 Å². The summed E-state index contributed by atoms with van der Waals surface area (Å²) in [5, 5.41) is 2.75. The molecule has 8 nitrogen and oxygen atoms in total. The number of rotatable bonds is 5. The molecule has 0 fully saturated rings. The quantitative estimate of drug-likeness (QED) is 0.545. The second-order valence-electron chi connectivity index (χ2n) is 6.71. The number of anilines is 3. The van der Waals surface area contributed by atoms with Gasteiger partial charge in [0.1, 0.15) is 5.82 Å². The Balaban J connectivity index is 1.99. The molecule has 0 saturated heterocycles. The molecule has 8 heteroatoms. The van der Waals surface area contributed by atoms with Gasteiger partial charge in [-0.25, -0.2) is 4.98 Å². The van der Waals surface area contributed by atoms with E-state index in [0.29, 0.717) is 35.0 Å². The summed E-state index contributed by atoms with van der Waals surface area (Å²) in [4.78, 5) is 19.3. The van der Waals surface area contributed by atoms with E-state index in [1.54, 1.807) is 32.5 Å². The number of hydrogen-bond donors (Lipinski definition) is 3. The SMILES string of the molecule is COc1cc(Cc2cnc(N)nc2N)cc(C#Cc2cccc(NC(C)=O)c2)c1OC. The second-order valence-corrected chi connectivity index (χ2v) is 6.71. The van der Waals surface area contributed by atoms with Gasteiger partial charge in [0.05, 0.1) is 19.8 Å². The van der Waals surface area contributed by atoms with Crippen LogP contribution < -0.4 is 26.3 Å². The number of carbonyl (C=O) groups excluding carboxylic acids is 1. The zero-order chi connectivity index (χ0) is 22.4. The fourth-order valence-corrected chi connectivity index (χ4v) is 3.02. The number of nitrogens with one attached hydrogen (secondary N) is 1. The summed E-state index contributed by atoms with van der Waals surface area (Å²) >= 11 is 0. The molecule has 3 rings (SSSR count). The highest BCUT2D eigenvalue weighted by molar-refractivity contribution is 5.88. The molecule has 0 spiro atoms. The third-order valence-electron chi connectivity index (χ3n) is 4.37. The zero-order valence-electron chi connectivity index (χ0n) is 17.5. The molecule has 3 aromatic rings. The third-order valence-corrected chi connectivity index (χ3v) is 4.37. The van der Waals surface area contributed by atoms with Gasteiger partial charge in [0.15, 0.2) is 11.5 Å². The number of amides is 1. The topological polar surface area (TPSA) is 125 Å². The summed E-state index contributed by atoms with van der Waals surface area (Å²) in [6.45, 7) is 1.46. The molecule has 31 heavy (non-hydrogen) atoms. The Morgan fingerprint density at radius 2 is 1.94 bits per heavy atom. The summed E-state index contributed by atoms with van der Waals surface area (Å²) in [7, 11) is 3.13. The summed E-state index contributed by atoms with van der Waals surface area (Å²) < 4.78 is 11.0. The summed E-state index contributed by atoms with van der Waals surface area (Å²) in [5.41, 5.74) is 15.3. The number of nitrogens with zero attached hydrogens (tertiary/aromatic N) is 2. The van der Waals surface area contributed by atoms with Crippen LogP contribution in [-0.2, 0) is 11.2 Å². The number of ether oxygens (including phenoxy) is 2. The zero-order valence-corrected chi connectivity index (χ0v) is 17.5. The molecule has 0 saturated carbocycles. The standard InChI is InChI=1S/C23H23N5O3/c1-14(29)27-19-6-4-5-15(11-19)7-8-17-9-16(12-20(30-2)21(17)31-3)10-18-13-26-23(25)28-22(18)24/h4-6,9,11-13H,10H2,1-3H3,(H,27,29)(H4,24,25,26,28). The van der Waals surface area contributed by atoms with Crippen molar-refractivity contribution in [2.45, 2.75) is 13.3 Å². The van der Waals surface area contributed by atoms with Crippen LogP contribution in [0.4, 0.5) is 17.5 Å². The van der Waals surface area contributed by atoms with Crippen LogP contribution in [0.25, 0.3) is 0 Å². The number of methoxy groups -OCH3 is 2. The van der Waals surface area contributed by atoms with Crippen molar-refractivity contribution in [1.29, 1.82) is 0 Å². The van der Waals surface area contributed by atoms with E-state index in [1.807, 2.05) is 24.3 Å². The van der Waals surface area contributed by atoms with Gasteiger partial charge in [0.2, 0.25) is 11.9 Å². The first-order valence-corrected chi connectivity index (χ1v) is 9.41. The Kier molecular flexibility index (Phi) is 6.58. The highest BCUT2D eigenvalue weighted by atomic mass is 16.5. The molecule has 158 valence electrons. The number of benzene rings is 2. The molecule has 0 bridgehead atoms. The fourth-order valence-electron chi connectivity index (χ4n) is 3.02. The third kappa shape index (κ3) is 5.42. The van der Waals surface area contributed by atoms with Gasteiger partial charge in [-0.05, 0) is 35.9 Å². The fraction of sp³-hybridized carbons (Fsp3) is 0.174. The van der Waals surface area contributed by atoms with E-state index < -0.39 is 0 Å². The molecule has 1 aromatic heterocycles. The first kappa shape index (κ1) is 21.5. The smallest absolute Gasteiger partial charge is 0.221 e. The minimum atomic E-state index is -0.143. The van der Waals surface area contributed by atoms with Crippen LogP contribution in [0.3, 0.4) is 0 Å². The van der Waals surface area contributed by atoms with Gasteiger partial charge in [0, 0.05) is 36.4 Å². The van der Waals surface area contributed by atoms with E-state index in [2.05, 4.69) is 27.1 Å². The molecular weight excluding hydrogens is 394 g/mol. The normalized spacial score (nSPS) is 10.0. The van der Waals surface area contributed by atoms with E-state index in [0.717, 1.165) is 16.7 Å². The Morgan fingerprint density at radius 3 is 2.61 bits per heavy atom. The summed E-state index contributed by atoms with van der Waals surface area (Å²) in [6, 6.07) is 11.1. The summed E-state index contributed by atoms with van der Waals surface area (Å²) in [5.74, 6) is 7.62. The maximum Gasteiger partial charge on any atom is 0.221 e. The molecule has 0 atom stereocenters. The van der Waals surface area contributed by atoms with Crippen LogP contribution in [-0.4, -0.2) is 30.1 Å². The van der Waals surface area contributed by atoms with Crippen molar-refractivity contribution < 1.29 is 14.3 Å². The first-order chi connectivity index (χ1) is 14.9. The highest BCUT2D eigenvalue weighted by Crippen LogP contribution is 2.33. The molecule has 0 aliphatic heterocycles. The maximum absolute atomic E-state index is 11.3. The predicted molar refractivity (Wildman–Crippen MR) is 120 cm³/mol. The van der Waals surface area contributed by atoms with Gasteiger partial charge >= 0.3 is 0 Å². The monoisotopic (exact) mass is 417 g/mol. The molecular formula is C23H23N5O3. The minimum Gasteiger partial charge on any atom is -0.493 e. The van der Waals surface area contributed by atoms with Crippen LogP contribution >= 0.6 is 0 Å². The average molecular weight is 417 g/mol. The molecule has 2 aromatic carbocycles. The van der Waals surface area contributed by atoms with Gasteiger partial charge in [0.25, 0.3) is 0 Å². The first-order valence-electron chi connectivity index (χ1n) is 9.41. The molecule has 0 radical (unpaired) electrons. The van der Waals surface area contributed by atoms with Gasteiger partial charge < -0.3 is 26.3 Å². The van der Waals surface area contributed by atoms with E-state index >= 15 is 0 Å². The van der Waals surface area contributed by atoms with Crippen molar-refractivity contribution in [1.82, 2.24) is 9.97 Å². The predicted octanol–water partition coefficient (Wildman–Crippen LogP) is 2.61. The van der Waals surface area contributed by atoms with Gasteiger partial charge in [-0.2, -0.15) is 4.98 Å². The molecule has 1 amide bonds. The number of aromatic nitrogens is 2. The Morgan fingerprint density at radius 1 is 1.13 bits per heavy atom. The molecule has 0 unspecified atom stereocenters. The van der Waals surface area contributed by atoms with Crippen molar-refractivity contribution in [2.75, 3.05) is 31.0 Å². The van der Waals surface area contributed by atoms with Crippen molar-refractivity contribution >= 4 is 23.4 Å². The maximum atomic E-state index is 11.3. The van der Waals surface area contributed by atoms with Crippen LogP contribution in [0.1, 0.15) is 29.2 Å². The van der Waals surface area contributed by atoms with Crippen LogP contribution in [0.15, 0.2) is 42.6 Å². The molecule has 0 aliphatic carbocycles. The van der Waals surface area contributed by atoms with Gasteiger partial charge in [-0.1, -0.05) is 17.9 Å². The highest BCUT2D eigenvalue weighted by Gasteiger charge is 2.13. The van der Waals surface area contributed by atoms with Crippen molar-refractivity contribution in [2.24, 2.45) is 0 Å². The Bertz CT molecular complexity index is 1180. The van der Waals surface area contributed by atoms with Crippen LogP contribution in [0.2, 0.25) is 0 Å². The number of hydrogen-bond acceptors (Lipinski definition) is 7. The van der Waals surface area contributed by atoms with E-state index in [-0.39, 0.29) is 11.9 Å². The lowest BCUT2D eigenvalue weighted by molar-refractivity contribution is -0.114. The molecule has 1 heterocycles. The lowest BCUT2D eigenvalue weighted by Crippen LogP contribution is -2.05.